The Morgan fingerprint density at radius 3 is 2.58 bits per heavy atom. The van der Waals surface area contributed by atoms with Crippen molar-refractivity contribution in [2.24, 2.45) is 0 Å². The van der Waals surface area contributed by atoms with E-state index >= 15 is 0 Å². The predicted octanol–water partition coefficient (Wildman–Crippen LogP) is 5.66. The summed E-state index contributed by atoms with van der Waals surface area (Å²) in [5.74, 6) is -2.78. The number of nitrogens with one attached hydrogen (secondary N) is 2. The van der Waals surface area contributed by atoms with E-state index in [0.29, 0.717) is 63.9 Å². The maximum absolute atomic E-state index is 13.1. The number of fused-ring (bicyclic) bond motifs is 1. The van der Waals surface area contributed by atoms with Gasteiger partial charge in [0.1, 0.15) is 24.5 Å². The summed E-state index contributed by atoms with van der Waals surface area (Å²) in [4.78, 5) is 42.1. The van der Waals surface area contributed by atoms with E-state index in [-0.39, 0.29) is 18.1 Å². The summed E-state index contributed by atoms with van der Waals surface area (Å²) in [5, 5.41) is 7.20. The Balaban J connectivity index is 1.42. The number of alkyl halides is 3. The van der Waals surface area contributed by atoms with Crippen LogP contribution >= 0.6 is 11.6 Å². The highest BCUT2D eigenvalue weighted by Crippen LogP contribution is 2.32. The van der Waals surface area contributed by atoms with Gasteiger partial charge in [-0.15, -0.1) is 5.06 Å². The number of hydrogen-bond donors (Lipinski definition) is 2. The van der Waals surface area contributed by atoms with Crippen molar-refractivity contribution < 1.29 is 32.3 Å². The number of anilines is 3. The van der Waals surface area contributed by atoms with Crippen molar-refractivity contribution in [2.75, 3.05) is 23.5 Å². The molecular weight excluding hydrogens is 589 g/mol. The number of pyridine rings is 1. The van der Waals surface area contributed by atoms with E-state index in [0.717, 1.165) is 5.69 Å². The Morgan fingerprint density at radius 2 is 1.86 bits per heavy atom. The number of rotatable bonds is 7. The summed E-state index contributed by atoms with van der Waals surface area (Å²) in [6, 6.07) is 14.6. The second-order valence-corrected chi connectivity index (χ2v) is 9.77. The molecule has 0 radical (unpaired) electrons. The summed E-state index contributed by atoms with van der Waals surface area (Å²) in [5.41, 5.74) is 2.24. The molecule has 1 fully saturated rings. The monoisotopic (exact) mass is 612 g/mol. The Morgan fingerprint density at radius 1 is 1.05 bits per heavy atom. The first kappa shape index (κ1) is 29.7. The maximum Gasteiger partial charge on any atom is 0.493 e. The van der Waals surface area contributed by atoms with Crippen molar-refractivity contribution in [3.05, 3.63) is 89.5 Å². The molecule has 0 bridgehead atoms. The molecule has 2 aromatic heterocycles. The molecule has 0 spiro atoms. The molecule has 222 valence electrons. The van der Waals surface area contributed by atoms with E-state index in [1.807, 2.05) is 12.1 Å². The number of hydrogen-bond acceptors (Lipinski definition) is 9. The van der Waals surface area contributed by atoms with Gasteiger partial charge in [-0.25, -0.2) is 14.8 Å². The van der Waals surface area contributed by atoms with Gasteiger partial charge in [0.2, 0.25) is 0 Å². The first-order valence-corrected chi connectivity index (χ1v) is 13.4. The van der Waals surface area contributed by atoms with Crippen molar-refractivity contribution in [3.63, 3.8) is 0 Å². The van der Waals surface area contributed by atoms with E-state index in [2.05, 4.69) is 30.4 Å². The molecular formula is C29H24ClF3N6O4. The summed E-state index contributed by atoms with van der Waals surface area (Å²) in [6.45, 7) is 1.45. The molecule has 14 heteroatoms. The molecule has 2 N–H and O–H groups in total. The van der Waals surface area contributed by atoms with Gasteiger partial charge in [-0.2, -0.15) is 13.2 Å². The fraction of sp³-hybridized carbons (Fsp3) is 0.207. The topological polar surface area (TPSA) is 119 Å². The smallest absolute Gasteiger partial charge is 0.486 e. The van der Waals surface area contributed by atoms with Crippen LogP contribution in [0.15, 0.2) is 78.8 Å². The third kappa shape index (κ3) is 7.56. The van der Waals surface area contributed by atoms with Crippen LogP contribution in [0.1, 0.15) is 18.5 Å². The highest BCUT2D eigenvalue weighted by atomic mass is 35.5. The Hall–Kier alpha value is -4.75. The minimum atomic E-state index is -5.32. The molecule has 4 aromatic rings. The summed E-state index contributed by atoms with van der Waals surface area (Å²) in [6.07, 6.45) is -0.116. The summed E-state index contributed by atoms with van der Waals surface area (Å²) >= 11 is 6.43. The molecule has 5 rings (SSSR count). The lowest BCUT2D eigenvalue weighted by molar-refractivity contribution is -0.201. The first-order valence-electron chi connectivity index (χ1n) is 13.0. The first-order chi connectivity index (χ1) is 20.7. The van der Waals surface area contributed by atoms with E-state index in [4.69, 9.17) is 16.3 Å². The molecule has 0 unspecified atom stereocenters. The highest BCUT2D eigenvalue weighted by Gasteiger charge is 2.43. The zero-order valence-electron chi connectivity index (χ0n) is 22.4. The third-order valence-corrected chi connectivity index (χ3v) is 6.62. The van der Waals surface area contributed by atoms with Gasteiger partial charge in [0, 0.05) is 23.3 Å². The van der Waals surface area contributed by atoms with E-state index in [1.54, 1.807) is 30.5 Å². The Labute approximate surface area is 248 Å². The van der Waals surface area contributed by atoms with Crippen molar-refractivity contribution in [2.45, 2.75) is 25.6 Å². The van der Waals surface area contributed by atoms with Gasteiger partial charge >= 0.3 is 12.1 Å². The lowest BCUT2D eigenvalue weighted by atomic mass is 10.1. The Bertz CT molecular complexity index is 1660. The van der Waals surface area contributed by atoms with Gasteiger partial charge < -0.3 is 20.2 Å². The number of carbonyl (C=O) groups is 2. The van der Waals surface area contributed by atoms with Crippen molar-refractivity contribution >= 4 is 51.6 Å². The SMILES string of the molecule is O=C(C=C1CCNCC1)N(OC(=O)C(F)(F)F)c1ccc2ncnc(Nc3ccc(OCc4ccccn4)c(Cl)c3)c2c1. The van der Waals surface area contributed by atoms with Crippen LogP contribution in [0.5, 0.6) is 5.75 Å². The van der Waals surface area contributed by atoms with Crippen LogP contribution in [0.3, 0.4) is 0 Å². The van der Waals surface area contributed by atoms with E-state index < -0.39 is 18.1 Å². The van der Waals surface area contributed by atoms with Crippen LogP contribution < -0.4 is 20.4 Å². The van der Waals surface area contributed by atoms with Crippen LogP contribution in [0.4, 0.5) is 30.4 Å². The minimum absolute atomic E-state index is 0.130. The zero-order valence-corrected chi connectivity index (χ0v) is 23.2. The van der Waals surface area contributed by atoms with Crippen molar-refractivity contribution in [1.82, 2.24) is 20.3 Å². The standard InChI is InChI=1S/C29H24ClF3N6O4/c30-23-14-19(4-7-25(23)42-16-20-3-1-2-10-35-20)38-27-22-15-21(5-6-24(22)36-17-37-27)39(43-28(41)29(31,32)33)26(40)13-18-8-11-34-12-9-18/h1-7,10,13-15,17,34H,8-9,11-12,16H2,(H,36,37,38). The summed E-state index contributed by atoms with van der Waals surface area (Å²) < 4.78 is 45.1. The molecule has 1 aliphatic rings. The van der Waals surface area contributed by atoms with Crippen molar-refractivity contribution in [3.8, 4) is 5.75 Å². The fourth-order valence-corrected chi connectivity index (χ4v) is 4.46. The maximum atomic E-state index is 13.1. The molecule has 1 amide bonds. The van der Waals surface area contributed by atoms with Crippen LogP contribution in [0, 0.1) is 0 Å². The average molecular weight is 613 g/mol. The lowest BCUT2D eigenvalue weighted by Crippen LogP contribution is -2.38. The highest BCUT2D eigenvalue weighted by molar-refractivity contribution is 6.32. The van der Waals surface area contributed by atoms with Gasteiger partial charge in [0.15, 0.2) is 0 Å². The van der Waals surface area contributed by atoms with Gasteiger partial charge in [-0.3, -0.25) is 9.78 Å². The predicted molar refractivity (Wildman–Crippen MR) is 153 cm³/mol. The zero-order chi connectivity index (χ0) is 30.4. The number of halogens is 4. The average Bonchev–Trinajstić information content (AvgIpc) is 3.00. The van der Waals surface area contributed by atoms with Crippen molar-refractivity contribution in [1.29, 1.82) is 0 Å². The molecule has 2 aromatic carbocycles. The normalized spacial score (nSPS) is 13.3. The van der Waals surface area contributed by atoms with Gasteiger partial charge in [-0.1, -0.05) is 23.2 Å². The quantitative estimate of drug-likeness (QED) is 0.201. The second kappa shape index (κ2) is 13.0. The van der Waals surface area contributed by atoms with Gasteiger partial charge in [0.05, 0.1) is 21.9 Å². The Kier molecular flexibility index (Phi) is 9.02. The number of amides is 1. The molecule has 1 aliphatic heterocycles. The molecule has 43 heavy (non-hydrogen) atoms. The number of nitrogens with zero attached hydrogens (tertiary/aromatic N) is 4. The summed E-state index contributed by atoms with van der Waals surface area (Å²) in [7, 11) is 0. The van der Waals surface area contributed by atoms with Crippen LogP contribution in [-0.4, -0.2) is 46.1 Å². The van der Waals surface area contributed by atoms with E-state index in [9.17, 15) is 22.8 Å². The number of piperidine rings is 1. The fourth-order valence-electron chi connectivity index (χ4n) is 4.22. The van der Waals surface area contributed by atoms with E-state index in [1.165, 1.54) is 30.6 Å². The largest absolute Gasteiger partial charge is 0.493 e. The molecule has 3 heterocycles. The second-order valence-electron chi connectivity index (χ2n) is 9.37. The van der Waals surface area contributed by atoms with Crippen LogP contribution in [0.2, 0.25) is 5.02 Å². The third-order valence-electron chi connectivity index (χ3n) is 6.33. The molecule has 10 nitrogen and oxygen atoms in total. The van der Waals surface area contributed by atoms with Crippen LogP contribution in [-0.2, 0) is 21.0 Å². The molecule has 0 atom stereocenters. The minimum Gasteiger partial charge on any atom is -0.486 e. The number of carbonyl (C=O) groups excluding carboxylic acids is 2. The number of hydroxylamine groups is 1. The molecule has 1 saturated heterocycles. The number of benzene rings is 2. The molecule has 0 aliphatic carbocycles. The molecule has 0 saturated carbocycles. The number of ether oxygens (including phenoxy) is 1. The van der Waals surface area contributed by atoms with Gasteiger partial charge in [0.25, 0.3) is 5.91 Å². The lowest BCUT2D eigenvalue weighted by Gasteiger charge is -2.22. The van der Waals surface area contributed by atoms with Crippen LogP contribution in [0.25, 0.3) is 10.9 Å². The van der Waals surface area contributed by atoms with Gasteiger partial charge in [-0.05, 0) is 74.5 Å². The number of aromatic nitrogens is 3.